The topological polar surface area (TPSA) is 128 Å². The number of carbonyl (C=O) groups excluding carboxylic acids is 3. The number of aromatic hydroxyl groups is 2. The van der Waals surface area contributed by atoms with Gasteiger partial charge in [-0.25, -0.2) is 4.79 Å². The Morgan fingerprint density at radius 3 is 2.12 bits per heavy atom. The van der Waals surface area contributed by atoms with Crippen LogP contribution in [0.2, 0.25) is 0 Å². The Bertz CT molecular complexity index is 1130. The summed E-state index contributed by atoms with van der Waals surface area (Å²) < 4.78 is 5.46. The summed E-state index contributed by atoms with van der Waals surface area (Å²) in [5.41, 5.74) is 0.212. The fraction of sp³-hybridized carbons (Fsp3) is 0.531. The lowest BCUT2D eigenvalue weighted by Gasteiger charge is -2.35. The Labute approximate surface area is 244 Å². The molecule has 0 saturated carbocycles. The van der Waals surface area contributed by atoms with Crippen molar-refractivity contribution in [2.75, 3.05) is 6.54 Å². The number of amides is 3. The molecule has 0 aliphatic rings. The summed E-state index contributed by atoms with van der Waals surface area (Å²) in [6, 6.07) is 10.5. The quantitative estimate of drug-likeness (QED) is 0.219. The predicted octanol–water partition coefficient (Wildman–Crippen LogP) is 5.60. The van der Waals surface area contributed by atoms with Gasteiger partial charge >= 0.3 is 6.09 Å². The molecule has 2 unspecified atom stereocenters. The molecule has 0 fully saturated rings. The van der Waals surface area contributed by atoms with E-state index in [0.29, 0.717) is 17.5 Å². The smallest absolute Gasteiger partial charge is 0.408 e. The van der Waals surface area contributed by atoms with E-state index in [-0.39, 0.29) is 30.5 Å². The third kappa shape index (κ3) is 11.3. The normalized spacial score (nSPS) is 12.9. The zero-order valence-electron chi connectivity index (χ0n) is 25.3. The van der Waals surface area contributed by atoms with Crippen LogP contribution < -0.4 is 10.6 Å². The Hall–Kier alpha value is -3.75. The monoisotopic (exact) mass is 569 g/mol. The van der Waals surface area contributed by atoms with E-state index < -0.39 is 35.6 Å². The molecule has 0 radical (unpaired) electrons. The van der Waals surface area contributed by atoms with E-state index in [1.54, 1.807) is 51.1 Å². The van der Waals surface area contributed by atoms with Crippen molar-refractivity contribution in [2.45, 2.75) is 104 Å². The Morgan fingerprint density at radius 1 is 0.902 bits per heavy atom. The summed E-state index contributed by atoms with van der Waals surface area (Å²) in [5.74, 6) is -0.929. The first-order valence-corrected chi connectivity index (χ1v) is 14.5. The summed E-state index contributed by atoms with van der Waals surface area (Å²) in [4.78, 5) is 42.4. The van der Waals surface area contributed by atoms with Gasteiger partial charge in [0.15, 0.2) is 0 Å². The third-order valence-corrected chi connectivity index (χ3v) is 6.37. The molecule has 3 amide bonds. The van der Waals surface area contributed by atoms with Crippen LogP contribution in [0.4, 0.5) is 4.79 Å². The fourth-order valence-corrected chi connectivity index (χ4v) is 4.50. The SMILES string of the molecule is CCCCCCCN(C(=O)C(Cc1ccc(O)cc1)NC(=O)OC(C)(C)C)C(C(=O)NC(C)C)c1ccccc1O. The predicted molar refractivity (Wildman–Crippen MR) is 160 cm³/mol. The minimum absolute atomic E-state index is 0.0791. The Balaban J connectivity index is 2.55. The van der Waals surface area contributed by atoms with Crippen LogP contribution in [-0.4, -0.2) is 57.3 Å². The number of alkyl carbamates (subject to hydrolysis) is 1. The second-order valence-electron chi connectivity index (χ2n) is 11.6. The number of nitrogens with one attached hydrogen (secondary N) is 2. The number of hydrogen-bond acceptors (Lipinski definition) is 6. The summed E-state index contributed by atoms with van der Waals surface area (Å²) >= 11 is 0. The molecule has 2 rings (SSSR count). The van der Waals surface area contributed by atoms with E-state index in [4.69, 9.17) is 4.74 Å². The maximum absolute atomic E-state index is 14.4. The first-order chi connectivity index (χ1) is 19.3. The van der Waals surface area contributed by atoms with Crippen LogP contribution in [0.5, 0.6) is 11.5 Å². The van der Waals surface area contributed by atoms with Gasteiger partial charge in [-0.1, -0.05) is 62.9 Å². The van der Waals surface area contributed by atoms with E-state index in [9.17, 15) is 24.6 Å². The Morgan fingerprint density at radius 2 is 1.54 bits per heavy atom. The van der Waals surface area contributed by atoms with E-state index in [0.717, 1.165) is 25.7 Å². The molecular formula is C32H47N3O6. The molecule has 0 bridgehead atoms. The van der Waals surface area contributed by atoms with Crippen LogP contribution in [0.15, 0.2) is 48.5 Å². The molecule has 0 saturated heterocycles. The number of rotatable bonds is 14. The van der Waals surface area contributed by atoms with Crippen molar-refractivity contribution in [3.05, 3.63) is 59.7 Å². The van der Waals surface area contributed by atoms with Gasteiger partial charge < -0.3 is 30.5 Å². The molecule has 2 aromatic rings. The second-order valence-corrected chi connectivity index (χ2v) is 11.6. The molecule has 4 N–H and O–H groups in total. The molecule has 0 aromatic heterocycles. The first-order valence-electron chi connectivity index (χ1n) is 14.5. The van der Waals surface area contributed by atoms with Crippen LogP contribution in [0.3, 0.4) is 0 Å². The highest BCUT2D eigenvalue weighted by Gasteiger charge is 2.37. The number of unbranched alkanes of at least 4 members (excludes halogenated alkanes) is 4. The highest BCUT2D eigenvalue weighted by molar-refractivity contribution is 5.92. The number of benzene rings is 2. The summed E-state index contributed by atoms with van der Waals surface area (Å²) in [7, 11) is 0. The molecule has 2 atom stereocenters. The number of phenols is 2. The maximum Gasteiger partial charge on any atom is 0.408 e. The second kappa shape index (κ2) is 15.9. The average Bonchev–Trinajstić information content (AvgIpc) is 2.87. The van der Waals surface area contributed by atoms with E-state index in [1.165, 1.54) is 23.1 Å². The molecule has 0 aliphatic carbocycles. The number of phenolic OH excluding ortho intramolecular Hbond substituents is 2. The van der Waals surface area contributed by atoms with Crippen molar-refractivity contribution in [1.29, 1.82) is 0 Å². The van der Waals surface area contributed by atoms with Crippen LogP contribution in [-0.2, 0) is 20.7 Å². The number of hydrogen-bond donors (Lipinski definition) is 4. The van der Waals surface area contributed by atoms with Crippen LogP contribution in [0.1, 0.15) is 90.8 Å². The van der Waals surface area contributed by atoms with E-state index >= 15 is 0 Å². The minimum Gasteiger partial charge on any atom is -0.508 e. The zero-order chi connectivity index (χ0) is 30.6. The van der Waals surface area contributed by atoms with Gasteiger partial charge in [0, 0.05) is 24.6 Å². The highest BCUT2D eigenvalue weighted by atomic mass is 16.6. The van der Waals surface area contributed by atoms with Crippen LogP contribution in [0.25, 0.3) is 0 Å². The third-order valence-electron chi connectivity index (χ3n) is 6.37. The van der Waals surface area contributed by atoms with Crippen molar-refractivity contribution < 1.29 is 29.3 Å². The molecule has 9 heteroatoms. The summed E-state index contributed by atoms with van der Waals surface area (Å²) in [5, 5.41) is 26.1. The van der Waals surface area contributed by atoms with Crippen molar-refractivity contribution in [3.63, 3.8) is 0 Å². The number of ether oxygens (including phenoxy) is 1. The van der Waals surface area contributed by atoms with Crippen molar-refractivity contribution in [2.24, 2.45) is 0 Å². The molecule has 0 aliphatic heterocycles. The lowest BCUT2D eigenvalue weighted by Crippen LogP contribution is -2.54. The van der Waals surface area contributed by atoms with Crippen molar-refractivity contribution in [3.8, 4) is 11.5 Å². The molecule has 2 aromatic carbocycles. The van der Waals surface area contributed by atoms with Gasteiger partial charge in [0.05, 0.1) is 0 Å². The largest absolute Gasteiger partial charge is 0.508 e. The van der Waals surface area contributed by atoms with E-state index in [1.807, 2.05) is 13.8 Å². The fourth-order valence-electron chi connectivity index (χ4n) is 4.50. The summed E-state index contributed by atoms with van der Waals surface area (Å²) in [6.07, 6.45) is 3.96. The summed E-state index contributed by atoms with van der Waals surface area (Å²) in [6.45, 7) is 11.2. The number of para-hydroxylation sites is 1. The maximum atomic E-state index is 14.4. The average molecular weight is 570 g/mol. The number of carbonyl (C=O) groups is 3. The highest BCUT2D eigenvalue weighted by Crippen LogP contribution is 2.30. The van der Waals surface area contributed by atoms with Crippen molar-refractivity contribution >= 4 is 17.9 Å². The van der Waals surface area contributed by atoms with Crippen LogP contribution >= 0.6 is 0 Å². The zero-order valence-corrected chi connectivity index (χ0v) is 25.3. The number of nitrogens with zero attached hydrogens (tertiary/aromatic N) is 1. The molecule has 0 spiro atoms. The van der Waals surface area contributed by atoms with Gasteiger partial charge in [-0.3, -0.25) is 9.59 Å². The first kappa shape index (κ1) is 33.5. The molecule has 0 heterocycles. The van der Waals surface area contributed by atoms with Gasteiger partial charge in [-0.2, -0.15) is 0 Å². The van der Waals surface area contributed by atoms with Gasteiger partial charge in [-0.15, -0.1) is 0 Å². The van der Waals surface area contributed by atoms with Gasteiger partial charge in [-0.05, 0) is 64.8 Å². The van der Waals surface area contributed by atoms with Gasteiger partial charge in [0.1, 0.15) is 29.2 Å². The van der Waals surface area contributed by atoms with Gasteiger partial charge in [0.2, 0.25) is 11.8 Å². The molecule has 9 nitrogen and oxygen atoms in total. The Kier molecular flexibility index (Phi) is 13.0. The molecular weight excluding hydrogens is 522 g/mol. The van der Waals surface area contributed by atoms with Gasteiger partial charge in [0.25, 0.3) is 0 Å². The lowest BCUT2D eigenvalue weighted by atomic mass is 9.98. The standard InChI is InChI=1S/C32H47N3O6/c1-7-8-9-10-13-20-35(28(29(38)33-22(2)3)25-14-11-12-15-27(25)37)30(39)26(34-31(40)41-32(4,5)6)21-23-16-18-24(36)19-17-23/h11-12,14-19,22,26,28,36-37H,7-10,13,20-21H2,1-6H3,(H,33,38)(H,34,40). The minimum atomic E-state index is -1.12. The molecule has 41 heavy (non-hydrogen) atoms. The van der Waals surface area contributed by atoms with Crippen molar-refractivity contribution in [1.82, 2.24) is 15.5 Å². The molecule has 226 valence electrons. The lowest BCUT2D eigenvalue weighted by molar-refractivity contribution is -0.142. The van der Waals surface area contributed by atoms with E-state index in [2.05, 4.69) is 17.6 Å². The van der Waals surface area contributed by atoms with Crippen LogP contribution in [0, 0.1) is 0 Å².